The molecule has 0 saturated heterocycles. The second kappa shape index (κ2) is 8.73. The van der Waals surface area contributed by atoms with Crippen LogP contribution in [0.25, 0.3) is 5.69 Å². The predicted octanol–water partition coefficient (Wildman–Crippen LogP) is 3.52. The number of ether oxygens (including phenoxy) is 1. The number of rotatable bonds is 7. The van der Waals surface area contributed by atoms with Crippen LogP contribution in [0.4, 0.5) is 0 Å². The third-order valence-corrected chi connectivity index (χ3v) is 4.84. The van der Waals surface area contributed by atoms with Gasteiger partial charge in [-0.05, 0) is 44.5 Å². The van der Waals surface area contributed by atoms with Crippen molar-refractivity contribution < 1.29 is 14.3 Å². The van der Waals surface area contributed by atoms with E-state index in [0.717, 1.165) is 17.0 Å². The molecule has 1 heterocycles. The van der Waals surface area contributed by atoms with E-state index in [1.807, 2.05) is 61.5 Å². The van der Waals surface area contributed by atoms with Gasteiger partial charge in [0, 0.05) is 7.05 Å². The molecule has 0 radical (unpaired) electrons. The van der Waals surface area contributed by atoms with Crippen LogP contribution in [0.1, 0.15) is 27.3 Å². The number of para-hydroxylation sites is 2. The Hall–Kier alpha value is -3.41. The maximum absolute atomic E-state index is 12.9. The van der Waals surface area contributed by atoms with Crippen LogP contribution in [0.5, 0.6) is 5.75 Å². The van der Waals surface area contributed by atoms with Gasteiger partial charge in [0.05, 0.1) is 29.2 Å². The molecule has 0 spiro atoms. The molecule has 0 aliphatic carbocycles. The van der Waals surface area contributed by atoms with E-state index in [-0.39, 0.29) is 0 Å². The fourth-order valence-corrected chi connectivity index (χ4v) is 3.18. The summed E-state index contributed by atoms with van der Waals surface area (Å²) in [5, 5.41) is 4.46. The van der Waals surface area contributed by atoms with Crippen LogP contribution in [0.15, 0.2) is 54.6 Å². The molecular weight excluding hydrogens is 366 g/mol. The molecule has 0 fully saturated rings. The van der Waals surface area contributed by atoms with Crippen LogP contribution >= 0.6 is 0 Å². The fraction of sp³-hybridized carbons (Fsp3) is 0.261. The summed E-state index contributed by atoms with van der Waals surface area (Å²) in [5.41, 5.74) is 3.41. The predicted molar refractivity (Wildman–Crippen MR) is 112 cm³/mol. The number of likely N-dealkylation sites (N-methyl/N-ethyl adjacent to an activating group) is 1. The molecule has 0 bridgehead atoms. The molecule has 0 aliphatic rings. The molecule has 2 aromatic carbocycles. The van der Waals surface area contributed by atoms with E-state index in [2.05, 4.69) is 5.10 Å². The van der Waals surface area contributed by atoms with Crippen LogP contribution in [-0.2, 0) is 4.79 Å². The zero-order valence-corrected chi connectivity index (χ0v) is 17.2. The first kappa shape index (κ1) is 20.3. The maximum atomic E-state index is 12.9. The number of carbonyl (C=O) groups excluding carboxylic acids is 2. The lowest BCUT2D eigenvalue weighted by atomic mass is 10.1. The van der Waals surface area contributed by atoms with Gasteiger partial charge in [0.25, 0.3) is 11.7 Å². The number of Topliss-reactive ketones (excluding diaryl/α,β-unsaturated/α-hetero) is 1. The summed E-state index contributed by atoms with van der Waals surface area (Å²) < 4.78 is 7.42. The standard InChI is InChI=1S/C23H25N3O3/c1-16-10-8-9-13-20(16)29-15-14-25(4)23(28)22(27)21-17(2)24-26(18(21)3)19-11-6-5-7-12-19/h5-13H,14-15H2,1-4H3. The number of benzene rings is 2. The van der Waals surface area contributed by atoms with Crippen molar-refractivity contribution in [1.82, 2.24) is 14.7 Å². The molecule has 0 N–H and O–H groups in total. The zero-order chi connectivity index (χ0) is 21.0. The van der Waals surface area contributed by atoms with Crippen molar-refractivity contribution >= 4 is 11.7 Å². The second-order valence-corrected chi connectivity index (χ2v) is 6.96. The number of ketones is 1. The minimum Gasteiger partial charge on any atom is -0.491 e. The summed E-state index contributed by atoms with van der Waals surface area (Å²) in [4.78, 5) is 26.9. The lowest BCUT2D eigenvalue weighted by Crippen LogP contribution is -2.36. The van der Waals surface area contributed by atoms with Gasteiger partial charge in [-0.1, -0.05) is 36.4 Å². The highest BCUT2D eigenvalue weighted by Gasteiger charge is 2.27. The Morgan fingerprint density at radius 1 is 1.00 bits per heavy atom. The second-order valence-electron chi connectivity index (χ2n) is 6.96. The summed E-state index contributed by atoms with van der Waals surface area (Å²) in [5.74, 6) is -0.353. The smallest absolute Gasteiger partial charge is 0.294 e. The van der Waals surface area contributed by atoms with Gasteiger partial charge < -0.3 is 9.64 Å². The van der Waals surface area contributed by atoms with Crippen LogP contribution in [-0.4, -0.2) is 46.6 Å². The first-order valence-electron chi connectivity index (χ1n) is 9.50. The molecule has 150 valence electrons. The molecule has 1 aromatic heterocycles. The number of aryl methyl sites for hydroxylation is 2. The normalized spacial score (nSPS) is 10.6. The van der Waals surface area contributed by atoms with Crippen molar-refractivity contribution in [3.05, 3.63) is 77.1 Å². The third kappa shape index (κ3) is 4.37. The van der Waals surface area contributed by atoms with Crippen molar-refractivity contribution in [1.29, 1.82) is 0 Å². The van der Waals surface area contributed by atoms with Crippen LogP contribution < -0.4 is 4.74 Å². The quantitative estimate of drug-likeness (QED) is 0.457. The van der Waals surface area contributed by atoms with E-state index in [9.17, 15) is 9.59 Å². The van der Waals surface area contributed by atoms with Gasteiger partial charge in [0.15, 0.2) is 0 Å². The van der Waals surface area contributed by atoms with E-state index in [1.165, 1.54) is 4.90 Å². The van der Waals surface area contributed by atoms with Gasteiger partial charge in [-0.15, -0.1) is 0 Å². The minimum atomic E-state index is -0.572. The lowest BCUT2D eigenvalue weighted by Gasteiger charge is -2.17. The molecule has 0 unspecified atom stereocenters. The van der Waals surface area contributed by atoms with Crippen molar-refractivity contribution in [2.75, 3.05) is 20.2 Å². The largest absolute Gasteiger partial charge is 0.491 e. The Morgan fingerprint density at radius 2 is 1.66 bits per heavy atom. The SMILES string of the molecule is Cc1ccccc1OCCN(C)C(=O)C(=O)c1c(C)nn(-c2ccccc2)c1C. The van der Waals surface area contributed by atoms with Crippen LogP contribution in [0.2, 0.25) is 0 Å². The monoisotopic (exact) mass is 391 g/mol. The third-order valence-electron chi connectivity index (χ3n) is 4.84. The van der Waals surface area contributed by atoms with Crippen molar-refractivity contribution in [2.45, 2.75) is 20.8 Å². The topological polar surface area (TPSA) is 64.4 Å². The van der Waals surface area contributed by atoms with Gasteiger partial charge in [-0.3, -0.25) is 9.59 Å². The molecule has 6 heteroatoms. The molecule has 6 nitrogen and oxygen atoms in total. The number of amides is 1. The Kier molecular flexibility index (Phi) is 6.12. The molecular formula is C23H25N3O3. The molecule has 0 saturated carbocycles. The Labute approximate surface area is 170 Å². The molecule has 0 aliphatic heterocycles. The van der Waals surface area contributed by atoms with Gasteiger partial charge in [0.2, 0.25) is 0 Å². The number of hydrogen-bond acceptors (Lipinski definition) is 4. The maximum Gasteiger partial charge on any atom is 0.294 e. The summed E-state index contributed by atoms with van der Waals surface area (Å²) in [6, 6.07) is 17.2. The number of hydrogen-bond donors (Lipinski definition) is 0. The van der Waals surface area contributed by atoms with Crippen LogP contribution in [0, 0.1) is 20.8 Å². The molecule has 29 heavy (non-hydrogen) atoms. The van der Waals surface area contributed by atoms with E-state index in [0.29, 0.717) is 30.1 Å². The lowest BCUT2D eigenvalue weighted by molar-refractivity contribution is -0.125. The fourth-order valence-electron chi connectivity index (χ4n) is 3.18. The number of carbonyl (C=O) groups is 2. The number of aromatic nitrogens is 2. The Morgan fingerprint density at radius 3 is 2.34 bits per heavy atom. The zero-order valence-electron chi connectivity index (χ0n) is 17.2. The highest BCUT2D eigenvalue weighted by Crippen LogP contribution is 2.19. The summed E-state index contributed by atoms with van der Waals surface area (Å²) >= 11 is 0. The summed E-state index contributed by atoms with van der Waals surface area (Å²) in [6.07, 6.45) is 0. The minimum absolute atomic E-state index is 0.307. The highest BCUT2D eigenvalue weighted by atomic mass is 16.5. The Balaban J connectivity index is 1.69. The molecule has 0 atom stereocenters. The van der Waals surface area contributed by atoms with E-state index < -0.39 is 11.7 Å². The van der Waals surface area contributed by atoms with Gasteiger partial charge in [-0.2, -0.15) is 5.10 Å². The summed E-state index contributed by atoms with van der Waals surface area (Å²) in [7, 11) is 1.60. The van der Waals surface area contributed by atoms with Gasteiger partial charge in [0.1, 0.15) is 12.4 Å². The summed E-state index contributed by atoms with van der Waals surface area (Å²) in [6.45, 7) is 6.12. The average Bonchev–Trinajstić information content (AvgIpc) is 3.03. The van der Waals surface area contributed by atoms with E-state index in [1.54, 1.807) is 25.6 Å². The average molecular weight is 391 g/mol. The molecule has 3 rings (SSSR count). The van der Waals surface area contributed by atoms with Crippen LogP contribution in [0.3, 0.4) is 0 Å². The van der Waals surface area contributed by atoms with E-state index >= 15 is 0 Å². The first-order chi connectivity index (χ1) is 13.9. The highest BCUT2D eigenvalue weighted by molar-refractivity contribution is 6.43. The van der Waals surface area contributed by atoms with E-state index in [4.69, 9.17) is 4.74 Å². The van der Waals surface area contributed by atoms with Gasteiger partial charge in [-0.25, -0.2) is 4.68 Å². The molecule has 3 aromatic rings. The van der Waals surface area contributed by atoms with Crippen molar-refractivity contribution in [2.24, 2.45) is 0 Å². The number of nitrogens with zero attached hydrogens (tertiary/aromatic N) is 3. The van der Waals surface area contributed by atoms with Crippen molar-refractivity contribution in [3.8, 4) is 11.4 Å². The first-order valence-corrected chi connectivity index (χ1v) is 9.50. The van der Waals surface area contributed by atoms with Gasteiger partial charge >= 0.3 is 0 Å². The van der Waals surface area contributed by atoms with Crippen molar-refractivity contribution in [3.63, 3.8) is 0 Å². The molecule has 1 amide bonds. The Bertz CT molecular complexity index is 1030.